The summed E-state index contributed by atoms with van der Waals surface area (Å²) in [5.74, 6) is 0.632. The quantitative estimate of drug-likeness (QED) is 0.580. The van der Waals surface area contributed by atoms with Crippen LogP contribution in [0.15, 0.2) is 0 Å². The van der Waals surface area contributed by atoms with Crippen LogP contribution in [0.2, 0.25) is 0 Å². The summed E-state index contributed by atoms with van der Waals surface area (Å²) in [7, 11) is 0. The molecule has 0 bridgehead atoms. The van der Waals surface area contributed by atoms with Gasteiger partial charge in [0.05, 0.1) is 0 Å². The van der Waals surface area contributed by atoms with Gasteiger partial charge in [0, 0.05) is 12.8 Å². The van der Waals surface area contributed by atoms with Crippen molar-refractivity contribution < 1.29 is 9.59 Å². The standard InChI is InChI=1S/C8H16O.C6H12O/c1-3-4-5-6-7-8(2)9;1-3-4-5-6(2)7/h3-7H2,1-2H3;3-5H2,1-2H3. The van der Waals surface area contributed by atoms with Crippen LogP contribution in [0.3, 0.4) is 0 Å². The highest BCUT2D eigenvalue weighted by Gasteiger charge is 1.91. The molecule has 96 valence electrons. The van der Waals surface area contributed by atoms with Crippen LogP contribution in [-0.4, -0.2) is 11.6 Å². The molecule has 0 aromatic rings. The fraction of sp³-hybridized carbons (Fsp3) is 0.857. The lowest BCUT2D eigenvalue weighted by Crippen LogP contribution is -1.88. The number of carbonyl (C=O) groups is 2. The zero-order chi connectivity index (χ0) is 12.8. The fourth-order valence-corrected chi connectivity index (χ4v) is 1.23. The summed E-state index contributed by atoms with van der Waals surface area (Å²) >= 11 is 0. The first kappa shape index (κ1) is 17.7. The summed E-state index contributed by atoms with van der Waals surface area (Å²) in [5, 5.41) is 0. The summed E-state index contributed by atoms with van der Waals surface area (Å²) < 4.78 is 0. The van der Waals surface area contributed by atoms with Gasteiger partial charge in [-0.1, -0.05) is 39.5 Å². The Labute approximate surface area is 101 Å². The van der Waals surface area contributed by atoms with E-state index in [9.17, 15) is 9.59 Å². The highest BCUT2D eigenvalue weighted by Crippen LogP contribution is 2.01. The molecule has 2 heteroatoms. The van der Waals surface area contributed by atoms with Crippen molar-refractivity contribution in [1.29, 1.82) is 0 Å². The van der Waals surface area contributed by atoms with Crippen LogP contribution in [0, 0.1) is 0 Å². The smallest absolute Gasteiger partial charge is 0.129 e. The molecular formula is C14H28O2. The maximum Gasteiger partial charge on any atom is 0.129 e. The van der Waals surface area contributed by atoms with Gasteiger partial charge in [-0.3, -0.25) is 0 Å². The van der Waals surface area contributed by atoms with E-state index in [1.165, 1.54) is 19.3 Å². The molecule has 0 saturated heterocycles. The average Bonchev–Trinajstić information content (AvgIpc) is 2.22. The minimum atomic E-state index is 0.307. The van der Waals surface area contributed by atoms with E-state index in [1.807, 2.05) is 0 Å². The normalized spacial score (nSPS) is 9.25. The fourth-order valence-electron chi connectivity index (χ4n) is 1.23. The molecule has 0 aliphatic rings. The molecule has 0 fully saturated rings. The summed E-state index contributed by atoms with van der Waals surface area (Å²) in [6.45, 7) is 7.55. The SMILES string of the molecule is CCCCC(C)=O.CCCCCCC(C)=O. The van der Waals surface area contributed by atoms with Crippen molar-refractivity contribution in [3.63, 3.8) is 0 Å². The molecule has 0 rings (SSSR count). The number of Topliss-reactive ketones (excluding diaryl/α,β-unsaturated/α-hetero) is 2. The van der Waals surface area contributed by atoms with Gasteiger partial charge in [-0.25, -0.2) is 0 Å². The summed E-state index contributed by atoms with van der Waals surface area (Å²) in [4.78, 5) is 20.6. The Balaban J connectivity index is 0. The molecule has 0 unspecified atom stereocenters. The Morgan fingerprint density at radius 3 is 1.44 bits per heavy atom. The second kappa shape index (κ2) is 14.3. The van der Waals surface area contributed by atoms with Gasteiger partial charge in [0.25, 0.3) is 0 Å². The summed E-state index contributed by atoms with van der Waals surface area (Å²) in [5.41, 5.74) is 0. The molecule has 0 radical (unpaired) electrons. The third-order valence-electron chi connectivity index (χ3n) is 2.26. The molecular weight excluding hydrogens is 200 g/mol. The predicted molar refractivity (Wildman–Crippen MR) is 69.6 cm³/mol. The number of unbranched alkanes of at least 4 members (excludes halogenated alkanes) is 4. The Bertz CT molecular complexity index is 174. The van der Waals surface area contributed by atoms with Crippen LogP contribution in [0.5, 0.6) is 0 Å². The number of rotatable bonds is 8. The van der Waals surface area contributed by atoms with Gasteiger partial charge in [-0.15, -0.1) is 0 Å². The lowest BCUT2D eigenvalue weighted by Gasteiger charge is -1.93. The molecule has 0 atom stereocenters. The maximum absolute atomic E-state index is 10.4. The molecule has 2 nitrogen and oxygen atoms in total. The number of hydrogen-bond donors (Lipinski definition) is 0. The van der Waals surface area contributed by atoms with Crippen molar-refractivity contribution in [3.05, 3.63) is 0 Å². The van der Waals surface area contributed by atoms with E-state index in [0.29, 0.717) is 11.6 Å². The molecule has 0 heterocycles. The van der Waals surface area contributed by atoms with Gasteiger partial charge in [-0.2, -0.15) is 0 Å². The van der Waals surface area contributed by atoms with E-state index >= 15 is 0 Å². The van der Waals surface area contributed by atoms with Crippen LogP contribution < -0.4 is 0 Å². The van der Waals surface area contributed by atoms with Crippen molar-refractivity contribution in [2.75, 3.05) is 0 Å². The monoisotopic (exact) mass is 228 g/mol. The second-order valence-corrected chi connectivity index (χ2v) is 4.32. The van der Waals surface area contributed by atoms with Crippen LogP contribution in [0.4, 0.5) is 0 Å². The highest BCUT2D eigenvalue weighted by atomic mass is 16.1. The molecule has 0 aromatic carbocycles. The van der Waals surface area contributed by atoms with E-state index in [0.717, 1.165) is 32.1 Å². The van der Waals surface area contributed by atoms with Gasteiger partial charge in [0.15, 0.2) is 0 Å². The second-order valence-electron chi connectivity index (χ2n) is 4.32. The minimum absolute atomic E-state index is 0.307. The third kappa shape index (κ3) is 23.3. The van der Waals surface area contributed by atoms with Crippen LogP contribution in [0.25, 0.3) is 0 Å². The van der Waals surface area contributed by atoms with Crippen LogP contribution >= 0.6 is 0 Å². The van der Waals surface area contributed by atoms with E-state index in [1.54, 1.807) is 13.8 Å². The van der Waals surface area contributed by atoms with Crippen molar-refractivity contribution in [2.24, 2.45) is 0 Å². The van der Waals surface area contributed by atoms with Crippen molar-refractivity contribution in [1.82, 2.24) is 0 Å². The first-order valence-electron chi connectivity index (χ1n) is 6.53. The van der Waals surface area contributed by atoms with Gasteiger partial charge < -0.3 is 9.59 Å². The average molecular weight is 228 g/mol. The van der Waals surface area contributed by atoms with E-state index < -0.39 is 0 Å². The molecule has 0 saturated carbocycles. The van der Waals surface area contributed by atoms with Crippen molar-refractivity contribution in [2.45, 2.75) is 79.1 Å². The van der Waals surface area contributed by atoms with Crippen molar-refractivity contribution >= 4 is 11.6 Å². The topological polar surface area (TPSA) is 34.1 Å². The Hall–Kier alpha value is -0.660. The lowest BCUT2D eigenvalue weighted by molar-refractivity contribution is -0.117. The third-order valence-corrected chi connectivity index (χ3v) is 2.26. The Morgan fingerprint density at radius 1 is 0.688 bits per heavy atom. The number of carbonyl (C=O) groups excluding carboxylic acids is 2. The molecule has 0 aliphatic heterocycles. The lowest BCUT2D eigenvalue weighted by atomic mass is 10.1. The van der Waals surface area contributed by atoms with E-state index in [2.05, 4.69) is 13.8 Å². The Kier molecular flexibility index (Phi) is 15.9. The molecule has 0 spiro atoms. The first-order valence-corrected chi connectivity index (χ1v) is 6.53. The Morgan fingerprint density at radius 2 is 1.12 bits per heavy atom. The van der Waals surface area contributed by atoms with Crippen LogP contribution in [0.1, 0.15) is 79.1 Å². The highest BCUT2D eigenvalue weighted by molar-refractivity contribution is 5.75. The van der Waals surface area contributed by atoms with Crippen LogP contribution in [-0.2, 0) is 9.59 Å². The summed E-state index contributed by atoms with van der Waals surface area (Å²) in [6, 6.07) is 0. The van der Waals surface area contributed by atoms with Gasteiger partial charge in [0.2, 0.25) is 0 Å². The molecule has 0 N–H and O–H groups in total. The number of ketones is 2. The minimum Gasteiger partial charge on any atom is -0.300 e. The molecule has 0 amide bonds. The zero-order valence-corrected chi connectivity index (χ0v) is 11.5. The largest absolute Gasteiger partial charge is 0.300 e. The van der Waals surface area contributed by atoms with Gasteiger partial charge >= 0.3 is 0 Å². The zero-order valence-electron chi connectivity index (χ0n) is 11.5. The first-order chi connectivity index (χ1) is 7.54. The maximum atomic E-state index is 10.4. The predicted octanol–water partition coefficient (Wildman–Crippen LogP) is 4.31. The van der Waals surface area contributed by atoms with Gasteiger partial charge in [-0.05, 0) is 26.7 Å². The molecule has 0 aromatic heterocycles. The van der Waals surface area contributed by atoms with E-state index in [-0.39, 0.29) is 0 Å². The van der Waals surface area contributed by atoms with Crippen molar-refractivity contribution in [3.8, 4) is 0 Å². The summed E-state index contributed by atoms with van der Waals surface area (Å²) in [6.07, 6.45) is 8.54. The number of hydrogen-bond acceptors (Lipinski definition) is 2. The van der Waals surface area contributed by atoms with E-state index in [4.69, 9.17) is 0 Å². The molecule has 0 aliphatic carbocycles. The van der Waals surface area contributed by atoms with Gasteiger partial charge in [0.1, 0.15) is 11.6 Å². The molecule has 16 heavy (non-hydrogen) atoms.